The minimum atomic E-state index is 0.159. The summed E-state index contributed by atoms with van der Waals surface area (Å²) >= 11 is 0. The lowest BCUT2D eigenvalue weighted by Crippen LogP contribution is -2.31. The molecule has 1 unspecified atom stereocenters. The van der Waals surface area contributed by atoms with E-state index in [4.69, 9.17) is 5.11 Å². The average molecular weight is 247 g/mol. The van der Waals surface area contributed by atoms with Crippen LogP contribution in [-0.2, 0) is 4.79 Å². The number of hydrogen-bond acceptors (Lipinski definition) is 2. The van der Waals surface area contributed by atoms with Crippen molar-refractivity contribution in [3.05, 3.63) is 35.9 Å². The van der Waals surface area contributed by atoms with Gasteiger partial charge in [0.05, 0.1) is 0 Å². The quantitative estimate of drug-likeness (QED) is 0.885. The van der Waals surface area contributed by atoms with Gasteiger partial charge in [0.2, 0.25) is 5.91 Å². The molecule has 1 amide bonds. The van der Waals surface area contributed by atoms with E-state index in [1.54, 1.807) is 0 Å². The Morgan fingerprint density at radius 3 is 2.72 bits per heavy atom. The van der Waals surface area contributed by atoms with Gasteiger partial charge in [-0.05, 0) is 30.7 Å². The Bertz CT molecular complexity index is 377. The zero-order valence-corrected chi connectivity index (χ0v) is 10.7. The summed E-state index contributed by atoms with van der Waals surface area (Å²) in [5.74, 6) is 0.733. The van der Waals surface area contributed by atoms with Crippen LogP contribution in [0.3, 0.4) is 0 Å². The van der Waals surface area contributed by atoms with Crippen molar-refractivity contribution in [1.82, 2.24) is 4.90 Å². The molecule has 1 aliphatic heterocycles. The van der Waals surface area contributed by atoms with Crippen molar-refractivity contribution in [3.63, 3.8) is 0 Å². The highest BCUT2D eigenvalue weighted by Gasteiger charge is 2.22. The van der Waals surface area contributed by atoms with E-state index in [0.29, 0.717) is 25.3 Å². The Kier molecular flexibility index (Phi) is 4.76. The second kappa shape index (κ2) is 6.55. The molecule has 0 saturated carbocycles. The minimum Gasteiger partial charge on any atom is -0.396 e. The molecule has 3 heteroatoms. The number of aliphatic hydroxyl groups is 1. The molecule has 1 heterocycles. The lowest BCUT2D eigenvalue weighted by atomic mass is 9.92. The lowest BCUT2D eigenvalue weighted by Gasteiger charge is -2.20. The molecule has 0 aliphatic carbocycles. The summed E-state index contributed by atoms with van der Waals surface area (Å²) in [6, 6.07) is 10.5. The van der Waals surface area contributed by atoms with Crippen molar-refractivity contribution >= 4 is 5.91 Å². The molecule has 1 N–H and O–H groups in total. The summed E-state index contributed by atoms with van der Waals surface area (Å²) in [7, 11) is 0. The summed E-state index contributed by atoms with van der Waals surface area (Å²) < 4.78 is 0. The van der Waals surface area contributed by atoms with E-state index in [-0.39, 0.29) is 12.5 Å². The van der Waals surface area contributed by atoms with Gasteiger partial charge in [0, 0.05) is 26.1 Å². The van der Waals surface area contributed by atoms with Gasteiger partial charge in [-0.2, -0.15) is 0 Å². The van der Waals surface area contributed by atoms with Crippen LogP contribution in [0.25, 0.3) is 0 Å². The molecule has 98 valence electrons. The third-order valence-corrected chi connectivity index (χ3v) is 3.66. The minimum absolute atomic E-state index is 0.159. The number of likely N-dealkylation sites (tertiary alicyclic amines) is 1. The van der Waals surface area contributed by atoms with E-state index in [1.165, 1.54) is 5.56 Å². The molecule has 1 saturated heterocycles. The van der Waals surface area contributed by atoms with E-state index in [1.807, 2.05) is 11.0 Å². The standard InChI is InChI=1S/C15H21NO2/c17-12-4-10-16-11-9-14(7-8-15(16)18)13-5-2-1-3-6-13/h1-3,5-6,14,17H,4,7-12H2. The van der Waals surface area contributed by atoms with Gasteiger partial charge in [-0.1, -0.05) is 30.3 Å². The van der Waals surface area contributed by atoms with Crippen LogP contribution in [0.1, 0.15) is 37.2 Å². The third-order valence-electron chi connectivity index (χ3n) is 3.66. The van der Waals surface area contributed by atoms with E-state index >= 15 is 0 Å². The summed E-state index contributed by atoms with van der Waals surface area (Å²) in [4.78, 5) is 13.8. The molecule has 2 rings (SSSR count). The molecule has 1 aromatic rings. The Morgan fingerprint density at radius 2 is 2.00 bits per heavy atom. The van der Waals surface area contributed by atoms with Gasteiger partial charge in [0.25, 0.3) is 0 Å². The first-order chi connectivity index (χ1) is 8.81. The molecule has 0 radical (unpaired) electrons. The van der Waals surface area contributed by atoms with E-state index in [9.17, 15) is 4.79 Å². The molecular formula is C15H21NO2. The highest BCUT2D eigenvalue weighted by molar-refractivity contribution is 5.76. The van der Waals surface area contributed by atoms with Crippen molar-refractivity contribution in [2.75, 3.05) is 19.7 Å². The topological polar surface area (TPSA) is 40.5 Å². The molecule has 0 aromatic heterocycles. The molecule has 3 nitrogen and oxygen atoms in total. The first kappa shape index (κ1) is 13.1. The number of carbonyl (C=O) groups is 1. The molecule has 18 heavy (non-hydrogen) atoms. The Morgan fingerprint density at radius 1 is 1.22 bits per heavy atom. The maximum absolute atomic E-state index is 11.9. The summed E-state index contributed by atoms with van der Waals surface area (Å²) in [6.07, 6.45) is 3.28. The maximum atomic E-state index is 11.9. The lowest BCUT2D eigenvalue weighted by molar-refractivity contribution is -0.130. The average Bonchev–Trinajstić information content (AvgIpc) is 2.60. The van der Waals surface area contributed by atoms with Crippen molar-refractivity contribution in [3.8, 4) is 0 Å². The van der Waals surface area contributed by atoms with Crippen LogP contribution in [0.5, 0.6) is 0 Å². The predicted molar refractivity (Wildman–Crippen MR) is 71.3 cm³/mol. The Balaban J connectivity index is 1.97. The number of amides is 1. The predicted octanol–water partition coefficient (Wildman–Crippen LogP) is 2.17. The molecular weight excluding hydrogens is 226 g/mol. The second-order valence-electron chi connectivity index (χ2n) is 4.89. The number of hydrogen-bond donors (Lipinski definition) is 1. The fourth-order valence-corrected chi connectivity index (χ4v) is 2.59. The molecule has 1 fully saturated rings. The zero-order chi connectivity index (χ0) is 12.8. The van der Waals surface area contributed by atoms with Gasteiger partial charge in [-0.3, -0.25) is 4.79 Å². The Labute approximate surface area is 108 Å². The molecule has 1 aromatic carbocycles. The largest absolute Gasteiger partial charge is 0.396 e. The van der Waals surface area contributed by atoms with E-state index in [2.05, 4.69) is 24.3 Å². The summed E-state index contributed by atoms with van der Waals surface area (Å²) in [6.45, 7) is 1.67. The smallest absolute Gasteiger partial charge is 0.222 e. The van der Waals surface area contributed by atoms with E-state index in [0.717, 1.165) is 19.4 Å². The van der Waals surface area contributed by atoms with E-state index < -0.39 is 0 Å². The van der Waals surface area contributed by atoms with Crippen LogP contribution in [0.15, 0.2) is 30.3 Å². The number of rotatable bonds is 4. The third kappa shape index (κ3) is 3.33. The fraction of sp³-hybridized carbons (Fsp3) is 0.533. The van der Waals surface area contributed by atoms with Crippen molar-refractivity contribution < 1.29 is 9.90 Å². The fourth-order valence-electron chi connectivity index (χ4n) is 2.59. The highest BCUT2D eigenvalue weighted by Crippen LogP contribution is 2.28. The van der Waals surface area contributed by atoms with Crippen LogP contribution in [-0.4, -0.2) is 35.6 Å². The number of benzene rings is 1. The van der Waals surface area contributed by atoms with Crippen LogP contribution >= 0.6 is 0 Å². The molecule has 0 spiro atoms. The van der Waals surface area contributed by atoms with Crippen LogP contribution in [0.4, 0.5) is 0 Å². The van der Waals surface area contributed by atoms with Gasteiger partial charge in [-0.15, -0.1) is 0 Å². The number of nitrogens with zero attached hydrogens (tertiary/aromatic N) is 1. The van der Waals surface area contributed by atoms with Crippen LogP contribution in [0, 0.1) is 0 Å². The monoisotopic (exact) mass is 247 g/mol. The van der Waals surface area contributed by atoms with Crippen molar-refractivity contribution in [2.45, 2.75) is 31.6 Å². The first-order valence-electron chi connectivity index (χ1n) is 6.75. The molecule has 1 atom stereocenters. The van der Waals surface area contributed by atoms with Gasteiger partial charge >= 0.3 is 0 Å². The highest BCUT2D eigenvalue weighted by atomic mass is 16.3. The SMILES string of the molecule is O=C1CCC(c2ccccc2)CCN1CCCO. The zero-order valence-electron chi connectivity index (χ0n) is 10.7. The maximum Gasteiger partial charge on any atom is 0.222 e. The summed E-state index contributed by atoms with van der Waals surface area (Å²) in [5.41, 5.74) is 1.34. The number of aliphatic hydroxyl groups excluding tert-OH is 1. The van der Waals surface area contributed by atoms with Gasteiger partial charge in [0.1, 0.15) is 0 Å². The van der Waals surface area contributed by atoms with Gasteiger partial charge in [0.15, 0.2) is 0 Å². The van der Waals surface area contributed by atoms with Gasteiger partial charge < -0.3 is 10.0 Å². The number of carbonyl (C=O) groups excluding carboxylic acids is 1. The van der Waals surface area contributed by atoms with Crippen LogP contribution < -0.4 is 0 Å². The molecule has 1 aliphatic rings. The van der Waals surface area contributed by atoms with Crippen molar-refractivity contribution in [2.24, 2.45) is 0 Å². The normalized spacial score (nSPS) is 20.8. The van der Waals surface area contributed by atoms with Crippen molar-refractivity contribution in [1.29, 1.82) is 0 Å². The first-order valence-corrected chi connectivity index (χ1v) is 6.75. The van der Waals surface area contributed by atoms with Crippen LogP contribution in [0.2, 0.25) is 0 Å². The summed E-state index contributed by atoms with van der Waals surface area (Å²) in [5, 5.41) is 8.85. The molecule has 0 bridgehead atoms. The second-order valence-corrected chi connectivity index (χ2v) is 4.89. The van der Waals surface area contributed by atoms with Gasteiger partial charge in [-0.25, -0.2) is 0 Å². The Hall–Kier alpha value is -1.35.